The number of ether oxygens (including phenoxy) is 2. The molecule has 0 aliphatic carbocycles. The third-order valence-electron chi connectivity index (χ3n) is 3.94. The largest absolute Gasteiger partial charge is 0.465 e. The van der Waals surface area contributed by atoms with Crippen molar-refractivity contribution in [2.45, 2.75) is 25.6 Å². The van der Waals surface area contributed by atoms with E-state index in [-0.39, 0.29) is 12.1 Å². The van der Waals surface area contributed by atoms with Gasteiger partial charge >= 0.3 is 0 Å². The molecule has 0 radical (unpaired) electrons. The number of hydrogen-bond acceptors (Lipinski definition) is 4. The Morgan fingerprint density at radius 1 is 1.12 bits per heavy atom. The lowest BCUT2D eigenvalue weighted by molar-refractivity contribution is -0.105. The molecule has 3 rings (SSSR count). The maximum absolute atomic E-state index is 12.2. The SMILES string of the molecule is Nc1ccccc1C(=O)/C=C/c1ccc(OC2CCCCO2)cc1. The van der Waals surface area contributed by atoms with E-state index in [9.17, 15) is 4.79 Å². The molecule has 1 unspecified atom stereocenters. The van der Waals surface area contributed by atoms with E-state index >= 15 is 0 Å². The van der Waals surface area contributed by atoms with Crippen molar-refractivity contribution in [3.63, 3.8) is 0 Å². The summed E-state index contributed by atoms with van der Waals surface area (Å²) in [6.45, 7) is 0.760. The van der Waals surface area contributed by atoms with E-state index in [2.05, 4.69) is 0 Å². The van der Waals surface area contributed by atoms with Gasteiger partial charge in [-0.25, -0.2) is 0 Å². The molecule has 2 aromatic rings. The number of allylic oxidation sites excluding steroid dienone is 1. The molecule has 0 amide bonds. The number of anilines is 1. The number of carbonyl (C=O) groups excluding carboxylic acids is 1. The van der Waals surface area contributed by atoms with Gasteiger partial charge < -0.3 is 15.2 Å². The van der Waals surface area contributed by atoms with Crippen molar-refractivity contribution in [3.8, 4) is 5.75 Å². The van der Waals surface area contributed by atoms with Crippen molar-refractivity contribution in [1.29, 1.82) is 0 Å². The first-order valence-electron chi connectivity index (χ1n) is 8.17. The molecular formula is C20H21NO3. The number of ketones is 1. The Bertz CT molecular complexity index is 716. The molecule has 2 N–H and O–H groups in total. The minimum absolute atomic E-state index is 0.107. The van der Waals surface area contributed by atoms with Gasteiger partial charge in [0.2, 0.25) is 0 Å². The minimum atomic E-state index is -0.150. The number of carbonyl (C=O) groups is 1. The van der Waals surface area contributed by atoms with Crippen LogP contribution in [0.25, 0.3) is 6.08 Å². The van der Waals surface area contributed by atoms with E-state index in [1.807, 2.05) is 30.3 Å². The molecule has 0 bridgehead atoms. The standard InChI is InChI=1S/C20H21NO3/c21-18-6-2-1-5-17(18)19(22)13-10-15-8-11-16(12-9-15)24-20-7-3-4-14-23-20/h1-2,5-6,8-13,20H,3-4,7,14,21H2/b13-10+. The Labute approximate surface area is 141 Å². The van der Waals surface area contributed by atoms with Crippen LogP contribution >= 0.6 is 0 Å². The predicted molar refractivity (Wildman–Crippen MR) is 94.9 cm³/mol. The second-order valence-corrected chi connectivity index (χ2v) is 5.77. The topological polar surface area (TPSA) is 61.6 Å². The van der Waals surface area contributed by atoms with E-state index in [1.54, 1.807) is 24.3 Å². The summed E-state index contributed by atoms with van der Waals surface area (Å²) in [4.78, 5) is 12.2. The van der Waals surface area contributed by atoms with E-state index < -0.39 is 0 Å². The number of para-hydroxylation sites is 1. The first-order chi connectivity index (χ1) is 11.7. The predicted octanol–water partition coefficient (Wildman–Crippen LogP) is 4.07. The lowest BCUT2D eigenvalue weighted by Gasteiger charge is -2.23. The van der Waals surface area contributed by atoms with Gasteiger partial charge in [-0.3, -0.25) is 4.79 Å². The Hall–Kier alpha value is -2.59. The number of nitrogen functional groups attached to an aromatic ring is 1. The molecule has 4 nitrogen and oxygen atoms in total. The van der Waals surface area contributed by atoms with Crippen molar-refractivity contribution in [3.05, 3.63) is 65.7 Å². The Morgan fingerprint density at radius 2 is 1.92 bits per heavy atom. The lowest BCUT2D eigenvalue weighted by atomic mass is 10.1. The highest BCUT2D eigenvalue weighted by molar-refractivity contribution is 6.10. The van der Waals surface area contributed by atoms with Crippen LogP contribution in [0, 0.1) is 0 Å². The summed E-state index contributed by atoms with van der Waals surface area (Å²) in [7, 11) is 0. The van der Waals surface area contributed by atoms with Gasteiger partial charge in [0.05, 0.1) is 6.61 Å². The van der Waals surface area contributed by atoms with Crippen LogP contribution in [0.15, 0.2) is 54.6 Å². The second-order valence-electron chi connectivity index (χ2n) is 5.77. The van der Waals surface area contributed by atoms with Crippen LogP contribution in [0.3, 0.4) is 0 Å². The summed E-state index contributed by atoms with van der Waals surface area (Å²) in [5, 5.41) is 0. The van der Waals surface area contributed by atoms with E-state index in [1.165, 1.54) is 6.08 Å². The Kier molecular flexibility index (Phi) is 5.29. The number of nitrogens with two attached hydrogens (primary N) is 1. The summed E-state index contributed by atoms with van der Waals surface area (Å²) >= 11 is 0. The quantitative estimate of drug-likeness (QED) is 0.512. The van der Waals surface area contributed by atoms with Gasteiger partial charge in [0.1, 0.15) is 5.75 Å². The van der Waals surface area contributed by atoms with Crippen LogP contribution in [-0.2, 0) is 4.74 Å². The molecule has 1 fully saturated rings. The Balaban J connectivity index is 1.61. The van der Waals surface area contributed by atoms with Gasteiger partial charge in [-0.1, -0.05) is 30.3 Å². The normalized spacial score (nSPS) is 17.8. The van der Waals surface area contributed by atoms with Gasteiger partial charge in [-0.05, 0) is 48.7 Å². The lowest BCUT2D eigenvalue weighted by Crippen LogP contribution is -2.24. The molecule has 1 aliphatic rings. The molecule has 1 heterocycles. The molecule has 0 spiro atoms. The van der Waals surface area contributed by atoms with Crippen molar-refractivity contribution in [2.75, 3.05) is 12.3 Å². The minimum Gasteiger partial charge on any atom is -0.465 e. The third kappa shape index (κ3) is 4.24. The Morgan fingerprint density at radius 3 is 2.62 bits per heavy atom. The molecule has 1 atom stereocenters. The van der Waals surface area contributed by atoms with E-state index in [0.29, 0.717) is 11.3 Å². The zero-order chi connectivity index (χ0) is 16.8. The van der Waals surface area contributed by atoms with Crippen molar-refractivity contribution < 1.29 is 14.3 Å². The smallest absolute Gasteiger partial charge is 0.199 e. The van der Waals surface area contributed by atoms with Gasteiger partial charge in [0.25, 0.3) is 0 Å². The monoisotopic (exact) mass is 323 g/mol. The van der Waals surface area contributed by atoms with Crippen molar-refractivity contribution >= 4 is 17.5 Å². The molecular weight excluding hydrogens is 302 g/mol. The van der Waals surface area contributed by atoms with Crippen LogP contribution in [-0.4, -0.2) is 18.7 Å². The highest BCUT2D eigenvalue weighted by atomic mass is 16.7. The average molecular weight is 323 g/mol. The highest BCUT2D eigenvalue weighted by Gasteiger charge is 2.14. The molecule has 1 saturated heterocycles. The first kappa shape index (κ1) is 16.3. The second kappa shape index (κ2) is 7.79. The van der Waals surface area contributed by atoms with Crippen LogP contribution in [0.5, 0.6) is 5.75 Å². The van der Waals surface area contributed by atoms with Gasteiger partial charge in [0.15, 0.2) is 12.1 Å². The van der Waals surface area contributed by atoms with Gasteiger partial charge in [-0.2, -0.15) is 0 Å². The summed E-state index contributed by atoms with van der Waals surface area (Å²) in [6.07, 6.45) is 6.32. The number of hydrogen-bond donors (Lipinski definition) is 1. The highest BCUT2D eigenvalue weighted by Crippen LogP contribution is 2.20. The molecule has 124 valence electrons. The van der Waals surface area contributed by atoms with E-state index in [4.69, 9.17) is 15.2 Å². The summed E-state index contributed by atoms with van der Waals surface area (Å²) in [5.41, 5.74) is 7.75. The fourth-order valence-corrected chi connectivity index (χ4v) is 2.60. The van der Waals surface area contributed by atoms with Crippen LogP contribution in [0.1, 0.15) is 35.2 Å². The fourth-order valence-electron chi connectivity index (χ4n) is 2.60. The zero-order valence-corrected chi connectivity index (χ0v) is 13.5. The summed E-state index contributed by atoms with van der Waals surface area (Å²) in [6, 6.07) is 14.7. The van der Waals surface area contributed by atoms with Crippen molar-refractivity contribution in [1.82, 2.24) is 0 Å². The molecule has 2 aromatic carbocycles. The van der Waals surface area contributed by atoms with Crippen LogP contribution < -0.4 is 10.5 Å². The maximum atomic E-state index is 12.2. The molecule has 0 aromatic heterocycles. The number of benzene rings is 2. The average Bonchev–Trinajstić information content (AvgIpc) is 2.62. The molecule has 1 aliphatic heterocycles. The molecule has 0 saturated carbocycles. The fraction of sp³-hybridized carbons (Fsp3) is 0.250. The van der Waals surface area contributed by atoms with Crippen molar-refractivity contribution in [2.24, 2.45) is 0 Å². The molecule has 24 heavy (non-hydrogen) atoms. The summed E-state index contributed by atoms with van der Waals surface area (Å²) in [5.74, 6) is 0.668. The van der Waals surface area contributed by atoms with Crippen LogP contribution in [0.2, 0.25) is 0 Å². The summed E-state index contributed by atoms with van der Waals surface area (Å²) < 4.78 is 11.3. The zero-order valence-electron chi connectivity index (χ0n) is 13.5. The van der Waals surface area contributed by atoms with E-state index in [0.717, 1.165) is 37.2 Å². The first-order valence-corrected chi connectivity index (χ1v) is 8.17. The maximum Gasteiger partial charge on any atom is 0.199 e. The van der Waals surface area contributed by atoms with Crippen LogP contribution in [0.4, 0.5) is 5.69 Å². The third-order valence-corrected chi connectivity index (χ3v) is 3.94. The number of rotatable bonds is 5. The molecule has 4 heteroatoms. The van der Waals surface area contributed by atoms with Gasteiger partial charge in [-0.15, -0.1) is 0 Å². The van der Waals surface area contributed by atoms with Gasteiger partial charge in [0, 0.05) is 17.7 Å².